The summed E-state index contributed by atoms with van der Waals surface area (Å²) >= 11 is 0. The Balaban J connectivity index is 1.89. The normalized spacial score (nSPS) is 21.0. The second kappa shape index (κ2) is 8.74. The van der Waals surface area contributed by atoms with Crippen molar-refractivity contribution in [1.29, 1.82) is 0 Å². The molecule has 9 nitrogen and oxygen atoms in total. The average Bonchev–Trinajstić information content (AvgIpc) is 3.01. The van der Waals surface area contributed by atoms with Gasteiger partial charge in [-0.15, -0.1) is 0 Å². The van der Waals surface area contributed by atoms with Gasteiger partial charge < -0.3 is 25.2 Å². The maximum atomic E-state index is 12.9. The third kappa shape index (κ3) is 4.52. The number of nitrogens with zero attached hydrogens (tertiary/aromatic N) is 1. The molecule has 2 heterocycles. The predicted molar refractivity (Wildman–Crippen MR) is 113 cm³/mol. The molecule has 0 bridgehead atoms. The predicted octanol–water partition coefficient (Wildman–Crippen LogP) is 1.13. The molecule has 1 aromatic rings. The number of carbonyl (C=O) groups is 4. The molecule has 0 spiro atoms. The van der Waals surface area contributed by atoms with Crippen LogP contribution in [0.5, 0.6) is 0 Å². The maximum absolute atomic E-state index is 12.9. The van der Waals surface area contributed by atoms with Crippen molar-refractivity contribution in [1.82, 2.24) is 4.90 Å². The molecular weight excluding hydrogens is 416 g/mol. The summed E-state index contributed by atoms with van der Waals surface area (Å²) < 4.78 is 10.2. The molecule has 0 unspecified atom stereocenters. The van der Waals surface area contributed by atoms with Crippen molar-refractivity contribution in [3.8, 4) is 0 Å². The van der Waals surface area contributed by atoms with Gasteiger partial charge >= 0.3 is 11.9 Å². The van der Waals surface area contributed by atoms with Crippen LogP contribution in [0.15, 0.2) is 30.0 Å². The highest BCUT2D eigenvalue weighted by molar-refractivity contribution is 6.06. The number of primary amides is 1. The number of β-lactam (4-membered cyclic amide) rings is 1. The quantitative estimate of drug-likeness (QED) is 0.365. The first-order chi connectivity index (χ1) is 14.9. The minimum atomic E-state index is -0.866. The molecule has 2 aliphatic rings. The van der Waals surface area contributed by atoms with Crippen LogP contribution in [0.3, 0.4) is 0 Å². The lowest BCUT2D eigenvalue weighted by Crippen LogP contribution is -2.61. The number of esters is 2. The van der Waals surface area contributed by atoms with Gasteiger partial charge in [-0.2, -0.15) is 0 Å². The largest absolute Gasteiger partial charge is 0.427 e. The van der Waals surface area contributed by atoms with E-state index < -0.39 is 42.1 Å². The van der Waals surface area contributed by atoms with Crippen LogP contribution in [0.2, 0.25) is 0 Å². The van der Waals surface area contributed by atoms with Crippen LogP contribution in [-0.2, 0) is 35.1 Å². The maximum Gasteiger partial charge on any atom is 0.358 e. The van der Waals surface area contributed by atoms with Crippen LogP contribution in [0.25, 0.3) is 5.57 Å². The first-order valence-corrected chi connectivity index (χ1v) is 10.4. The Hall–Kier alpha value is -3.20. The third-order valence-corrected chi connectivity index (χ3v) is 5.57. The van der Waals surface area contributed by atoms with Gasteiger partial charge in [-0.05, 0) is 50.8 Å². The number of ether oxygens (including phenoxy) is 2. The molecule has 2 aliphatic heterocycles. The zero-order chi connectivity index (χ0) is 23.8. The van der Waals surface area contributed by atoms with Crippen LogP contribution in [0.1, 0.15) is 45.2 Å². The number of rotatable bonds is 7. The van der Waals surface area contributed by atoms with Crippen LogP contribution >= 0.6 is 0 Å². The monoisotopic (exact) mass is 444 g/mol. The molecule has 1 saturated heterocycles. The van der Waals surface area contributed by atoms with E-state index in [1.807, 2.05) is 0 Å². The summed E-state index contributed by atoms with van der Waals surface area (Å²) in [7, 11) is 0. The first-order valence-electron chi connectivity index (χ1n) is 10.4. The second-order valence-electron chi connectivity index (χ2n) is 9.15. The zero-order valence-corrected chi connectivity index (χ0v) is 18.6. The first kappa shape index (κ1) is 23.5. The Labute approximate surface area is 186 Å². The fourth-order valence-corrected chi connectivity index (χ4v) is 4.01. The summed E-state index contributed by atoms with van der Waals surface area (Å²) in [5.41, 5.74) is 6.47. The highest BCUT2D eigenvalue weighted by Crippen LogP contribution is 2.47. The smallest absolute Gasteiger partial charge is 0.358 e. The third-order valence-electron chi connectivity index (χ3n) is 5.57. The van der Waals surface area contributed by atoms with E-state index in [2.05, 4.69) is 0 Å². The van der Waals surface area contributed by atoms with E-state index in [-0.39, 0.29) is 24.1 Å². The van der Waals surface area contributed by atoms with Crippen molar-refractivity contribution in [3.63, 3.8) is 0 Å². The number of nitrogens with two attached hydrogens (primary N) is 1. The minimum Gasteiger partial charge on any atom is -0.427 e. The number of aliphatic hydroxyl groups excluding tert-OH is 1. The fraction of sp³-hybridized carbons (Fsp3) is 0.478. The Morgan fingerprint density at radius 3 is 2.53 bits per heavy atom. The molecule has 9 heteroatoms. The topological polar surface area (TPSA) is 136 Å². The number of benzene rings is 1. The summed E-state index contributed by atoms with van der Waals surface area (Å²) in [6, 6.07) is 6.60. The molecule has 0 saturated carbocycles. The second-order valence-corrected chi connectivity index (χ2v) is 9.15. The summed E-state index contributed by atoms with van der Waals surface area (Å²) in [5.74, 6) is -2.81. The molecule has 2 amide bonds. The van der Waals surface area contributed by atoms with E-state index >= 15 is 0 Å². The van der Waals surface area contributed by atoms with Crippen LogP contribution in [-0.4, -0.2) is 52.7 Å². The van der Waals surface area contributed by atoms with E-state index in [4.69, 9.17) is 15.2 Å². The number of hydrogen-bond acceptors (Lipinski definition) is 7. The van der Waals surface area contributed by atoms with Gasteiger partial charge in [-0.3, -0.25) is 14.4 Å². The van der Waals surface area contributed by atoms with Crippen molar-refractivity contribution in [2.75, 3.05) is 6.79 Å². The van der Waals surface area contributed by atoms with E-state index in [0.29, 0.717) is 23.1 Å². The standard InChI is InChI=1S/C23H28N2O7/c1-12(26)18-16-10-15(14-7-5-6-13(8-14)9-17(24)27)19(25(16)20(18)28)21(29)31-11-32-22(30)23(2,3)4/h5-8,12,16,18,26H,9-11H2,1-4H3,(H2,24,27)/t12-,16-,18-/m1/s1. The molecule has 3 atom stereocenters. The Morgan fingerprint density at radius 1 is 1.25 bits per heavy atom. The van der Waals surface area contributed by atoms with E-state index in [1.54, 1.807) is 45.0 Å². The molecule has 32 heavy (non-hydrogen) atoms. The zero-order valence-electron chi connectivity index (χ0n) is 18.6. The van der Waals surface area contributed by atoms with E-state index in [0.717, 1.165) is 0 Å². The summed E-state index contributed by atoms with van der Waals surface area (Å²) in [5, 5.41) is 10.0. The highest BCUT2D eigenvalue weighted by Gasteiger charge is 2.57. The van der Waals surface area contributed by atoms with Crippen LogP contribution in [0, 0.1) is 11.3 Å². The lowest BCUT2D eigenvalue weighted by Gasteiger charge is -2.44. The minimum absolute atomic E-state index is 0.0338. The SMILES string of the molecule is C[C@@H](O)[C@H]1C(=O)N2C(C(=O)OCOC(=O)C(C)(C)C)=C(c3cccc(CC(N)=O)c3)C[C@H]12. The van der Waals surface area contributed by atoms with Crippen molar-refractivity contribution >= 4 is 29.3 Å². The molecule has 0 aromatic heterocycles. The molecule has 0 aliphatic carbocycles. The Kier molecular flexibility index (Phi) is 6.41. The molecular formula is C23H28N2O7. The number of fused-ring (bicyclic) bond motifs is 1. The van der Waals surface area contributed by atoms with Crippen molar-refractivity contribution in [2.45, 2.75) is 52.7 Å². The van der Waals surface area contributed by atoms with Gasteiger partial charge in [0.15, 0.2) is 0 Å². The van der Waals surface area contributed by atoms with Gasteiger partial charge in [0.2, 0.25) is 18.6 Å². The van der Waals surface area contributed by atoms with E-state index in [9.17, 15) is 24.3 Å². The fourth-order valence-electron chi connectivity index (χ4n) is 4.01. The lowest BCUT2D eigenvalue weighted by molar-refractivity contribution is -0.175. The average molecular weight is 444 g/mol. The van der Waals surface area contributed by atoms with Crippen molar-refractivity contribution in [3.05, 3.63) is 41.1 Å². The van der Waals surface area contributed by atoms with Gasteiger partial charge in [0.1, 0.15) is 5.70 Å². The molecule has 3 rings (SSSR count). The Bertz CT molecular complexity index is 990. The summed E-state index contributed by atoms with van der Waals surface area (Å²) in [4.78, 5) is 50.2. The van der Waals surface area contributed by atoms with E-state index in [1.165, 1.54) is 11.8 Å². The molecule has 0 radical (unpaired) electrons. The molecule has 3 N–H and O–H groups in total. The van der Waals surface area contributed by atoms with Crippen LogP contribution < -0.4 is 5.73 Å². The summed E-state index contributed by atoms with van der Waals surface area (Å²) in [6.07, 6.45) is -0.492. The van der Waals surface area contributed by atoms with Crippen LogP contribution in [0.4, 0.5) is 0 Å². The van der Waals surface area contributed by atoms with Gasteiger partial charge in [-0.1, -0.05) is 24.3 Å². The van der Waals surface area contributed by atoms with Gasteiger partial charge in [0.05, 0.1) is 29.9 Å². The summed E-state index contributed by atoms with van der Waals surface area (Å²) in [6.45, 7) is 5.98. The molecule has 1 fully saturated rings. The van der Waals surface area contributed by atoms with Gasteiger partial charge in [0, 0.05) is 0 Å². The lowest BCUT2D eigenvalue weighted by atomic mass is 9.82. The number of hydrogen-bond donors (Lipinski definition) is 2. The molecule has 1 aromatic carbocycles. The number of aliphatic hydroxyl groups is 1. The van der Waals surface area contributed by atoms with Crippen molar-refractivity contribution in [2.24, 2.45) is 17.1 Å². The van der Waals surface area contributed by atoms with Gasteiger partial charge in [0.25, 0.3) is 0 Å². The number of amides is 2. The van der Waals surface area contributed by atoms with Crippen molar-refractivity contribution < 1.29 is 33.8 Å². The highest BCUT2D eigenvalue weighted by atomic mass is 16.7. The Morgan fingerprint density at radius 2 is 1.94 bits per heavy atom. The number of carbonyl (C=O) groups excluding carboxylic acids is 4. The molecule has 172 valence electrons. The van der Waals surface area contributed by atoms with Gasteiger partial charge in [-0.25, -0.2) is 4.79 Å².